The van der Waals surface area contributed by atoms with Gasteiger partial charge < -0.3 is 10.2 Å². The Balaban J connectivity index is 2.12. The van der Waals surface area contributed by atoms with Crippen LogP contribution in [-0.2, 0) is 26.2 Å². The number of likely N-dealkylation sites (N-methyl/N-ethyl adjacent to an activating group) is 1. The van der Waals surface area contributed by atoms with Crippen molar-refractivity contribution in [2.24, 2.45) is 0 Å². The summed E-state index contributed by atoms with van der Waals surface area (Å²) in [6.45, 7) is 4.70. The molecule has 0 aromatic heterocycles. The highest BCUT2D eigenvalue weighted by atomic mass is 35.5. The predicted octanol–water partition coefficient (Wildman–Crippen LogP) is 6.01. The van der Waals surface area contributed by atoms with Crippen molar-refractivity contribution in [2.45, 2.75) is 44.7 Å². The smallest absolute Gasteiger partial charge is 0.264 e. The maximum atomic E-state index is 14.0. The zero-order valence-corrected chi connectivity index (χ0v) is 25.1. The largest absolute Gasteiger partial charge is 0.357 e. The van der Waals surface area contributed by atoms with Crippen LogP contribution in [-0.4, -0.2) is 44.8 Å². The minimum Gasteiger partial charge on any atom is -0.357 e. The van der Waals surface area contributed by atoms with E-state index >= 15 is 0 Å². The lowest BCUT2D eigenvalue weighted by Crippen LogP contribution is -2.51. The molecule has 3 aromatic carbocycles. The van der Waals surface area contributed by atoms with Gasteiger partial charge in [0.15, 0.2) is 0 Å². The van der Waals surface area contributed by atoms with Crippen LogP contribution in [0.3, 0.4) is 0 Å². The third-order valence-electron chi connectivity index (χ3n) is 6.35. The van der Waals surface area contributed by atoms with Gasteiger partial charge in [0.1, 0.15) is 12.6 Å². The van der Waals surface area contributed by atoms with Crippen molar-refractivity contribution in [2.75, 3.05) is 17.9 Å². The van der Waals surface area contributed by atoms with Gasteiger partial charge in [0.25, 0.3) is 10.0 Å². The van der Waals surface area contributed by atoms with E-state index in [0.29, 0.717) is 20.6 Å². The van der Waals surface area contributed by atoms with Crippen LogP contribution >= 0.6 is 34.8 Å². The standard InChI is InChI=1S/C28H30Cl3N3O4S/c1-5-26(28(36)32-4)33(16-22-23(29)7-6-8-24(22)30)27(35)17-34(20-12-11-19(3)25(31)15-20)39(37,38)21-13-9-18(2)10-14-21/h6-15,26H,5,16-17H2,1-4H3,(H,32,36)/t26-/m1/s1. The lowest BCUT2D eigenvalue weighted by atomic mass is 10.1. The van der Waals surface area contributed by atoms with Gasteiger partial charge in [0.05, 0.1) is 10.6 Å². The van der Waals surface area contributed by atoms with Gasteiger partial charge in [-0.15, -0.1) is 0 Å². The van der Waals surface area contributed by atoms with E-state index in [1.807, 2.05) is 6.92 Å². The molecule has 0 bridgehead atoms. The number of anilines is 1. The molecule has 3 rings (SSSR count). The molecule has 0 aliphatic rings. The van der Waals surface area contributed by atoms with Gasteiger partial charge in [-0.2, -0.15) is 0 Å². The molecular formula is C28H30Cl3N3O4S. The highest BCUT2D eigenvalue weighted by Gasteiger charge is 2.34. The Labute approximate surface area is 244 Å². The van der Waals surface area contributed by atoms with Gasteiger partial charge >= 0.3 is 0 Å². The van der Waals surface area contributed by atoms with Crippen LogP contribution in [0.4, 0.5) is 5.69 Å². The first-order valence-corrected chi connectivity index (χ1v) is 14.8. The van der Waals surface area contributed by atoms with Crippen molar-refractivity contribution in [3.8, 4) is 0 Å². The molecule has 2 amide bonds. The van der Waals surface area contributed by atoms with Crippen LogP contribution < -0.4 is 9.62 Å². The first-order chi connectivity index (χ1) is 18.4. The second kappa shape index (κ2) is 13.0. The number of sulfonamides is 1. The first-order valence-electron chi connectivity index (χ1n) is 12.2. The third-order valence-corrected chi connectivity index (χ3v) is 9.26. The lowest BCUT2D eigenvalue weighted by Gasteiger charge is -2.33. The number of aryl methyl sites for hydroxylation is 2. The summed E-state index contributed by atoms with van der Waals surface area (Å²) >= 11 is 19.1. The number of amides is 2. The van der Waals surface area contributed by atoms with E-state index in [1.165, 1.54) is 30.1 Å². The topological polar surface area (TPSA) is 86.8 Å². The average Bonchev–Trinajstić information content (AvgIpc) is 2.90. The molecular weight excluding hydrogens is 581 g/mol. The third kappa shape index (κ3) is 7.06. The Morgan fingerprint density at radius 3 is 2.08 bits per heavy atom. The molecule has 0 aliphatic heterocycles. The van der Waals surface area contributed by atoms with Gasteiger partial charge in [-0.1, -0.05) is 71.6 Å². The lowest BCUT2D eigenvalue weighted by molar-refractivity contribution is -0.140. The second-order valence-corrected chi connectivity index (χ2v) is 12.1. The molecule has 1 N–H and O–H groups in total. The normalized spacial score (nSPS) is 12.1. The summed E-state index contributed by atoms with van der Waals surface area (Å²) in [5.74, 6) is -1.02. The molecule has 7 nitrogen and oxygen atoms in total. The number of benzene rings is 3. The summed E-state index contributed by atoms with van der Waals surface area (Å²) in [6.07, 6.45) is 0.272. The monoisotopic (exact) mass is 609 g/mol. The molecule has 0 aliphatic carbocycles. The van der Waals surface area contributed by atoms with Crippen molar-refractivity contribution in [3.05, 3.63) is 92.4 Å². The number of halogens is 3. The number of carbonyl (C=O) groups is 2. The van der Waals surface area contributed by atoms with E-state index in [2.05, 4.69) is 5.32 Å². The highest BCUT2D eigenvalue weighted by molar-refractivity contribution is 7.92. The Morgan fingerprint density at radius 2 is 1.54 bits per heavy atom. The fourth-order valence-corrected chi connectivity index (χ4v) is 6.14. The molecule has 0 fully saturated rings. The van der Waals surface area contributed by atoms with Crippen LogP contribution in [0.2, 0.25) is 15.1 Å². The van der Waals surface area contributed by atoms with E-state index in [1.54, 1.807) is 56.3 Å². The molecule has 0 radical (unpaired) electrons. The van der Waals surface area contributed by atoms with Crippen LogP contribution in [0.1, 0.15) is 30.0 Å². The SMILES string of the molecule is CC[C@H](C(=O)NC)N(Cc1c(Cl)cccc1Cl)C(=O)CN(c1ccc(C)c(Cl)c1)S(=O)(=O)c1ccc(C)cc1. The van der Waals surface area contributed by atoms with E-state index in [4.69, 9.17) is 34.8 Å². The van der Waals surface area contributed by atoms with Gasteiger partial charge in [-0.05, 0) is 62.2 Å². The van der Waals surface area contributed by atoms with Crippen molar-refractivity contribution < 1.29 is 18.0 Å². The Hall–Kier alpha value is -2.78. The molecule has 208 valence electrons. The highest BCUT2D eigenvalue weighted by Crippen LogP contribution is 2.30. The van der Waals surface area contributed by atoms with E-state index in [-0.39, 0.29) is 23.5 Å². The van der Waals surface area contributed by atoms with Crippen molar-refractivity contribution in [1.82, 2.24) is 10.2 Å². The predicted molar refractivity (Wildman–Crippen MR) is 157 cm³/mol. The number of hydrogen-bond donors (Lipinski definition) is 1. The molecule has 0 unspecified atom stereocenters. The minimum absolute atomic E-state index is 0.0108. The number of nitrogens with zero attached hydrogens (tertiary/aromatic N) is 2. The molecule has 1 atom stereocenters. The number of rotatable bonds is 10. The van der Waals surface area contributed by atoms with Crippen LogP contribution in [0, 0.1) is 13.8 Å². The van der Waals surface area contributed by atoms with Gasteiger partial charge in [0, 0.05) is 34.2 Å². The van der Waals surface area contributed by atoms with Crippen molar-refractivity contribution in [3.63, 3.8) is 0 Å². The van der Waals surface area contributed by atoms with E-state index in [0.717, 1.165) is 15.4 Å². The summed E-state index contributed by atoms with van der Waals surface area (Å²) in [5, 5.41) is 3.57. The quantitative estimate of drug-likeness (QED) is 0.305. The van der Waals surface area contributed by atoms with Crippen LogP contribution in [0.25, 0.3) is 0 Å². The Morgan fingerprint density at radius 1 is 0.923 bits per heavy atom. The summed E-state index contributed by atoms with van der Waals surface area (Å²) < 4.78 is 28.8. The molecule has 11 heteroatoms. The maximum absolute atomic E-state index is 14.0. The Kier molecular flexibility index (Phi) is 10.3. The number of nitrogens with one attached hydrogen (secondary N) is 1. The zero-order chi connectivity index (χ0) is 28.9. The average molecular weight is 611 g/mol. The summed E-state index contributed by atoms with van der Waals surface area (Å²) in [7, 11) is -2.73. The summed E-state index contributed by atoms with van der Waals surface area (Å²) in [5.41, 5.74) is 2.29. The molecule has 0 saturated heterocycles. The second-order valence-electron chi connectivity index (χ2n) is 9.02. The van der Waals surface area contributed by atoms with Crippen LogP contribution in [0.15, 0.2) is 65.6 Å². The summed E-state index contributed by atoms with van der Waals surface area (Å²) in [4.78, 5) is 28.1. The molecule has 0 heterocycles. The molecule has 0 saturated carbocycles. The molecule has 3 aromatic rings. The minimum atomic E-state index is -4.20. The van der Waals surface area contributed by atoms with Gasteiger partial charge in [-0.25, -0.2) is 8.42 Å². The van der Waals surface area contributed by atoms with Crippen molar-refractivity contribution >= 4 is 62.3 Å². The van der Waals surface area contributed by atoms with Gasteiger partial charge in [-0.3, -0.25) is 13.9 Å². The molecule has 39 heavy (non-hydrogen) atoms. The number of hydrogen-bond acceptors (Lipinski definition) is 4. The fraction of sp³-hybridized carbons (Fsp3) is 0.286. The first kappa shape index (κ1) is 30.8. The maximum Gasteiger partial charge on any atom is 0.264 e. The van der Waals surface area contributed by atoms with Gasteiger partial charge in [0.2, 0.25) is 11.8 Å². The van der Waals surface area contributed by atoms with E-state index < -0.39 is 34.4 Å². The summed E-state index contributed by atoms with van der Waals surface area (Å²) in [6, 6.07) is 15.1. The van der Waals surface area contributed by atoms with Crippen molar-refractivity contribution in [1.29, 1.82) is 0 Å². The Bertz CT molecular complexity index is 1440. The van der Waals surface area contributed by atoms with E-state index in [9.17, 15) is 18.0 Å². The molecule has 0 spiro atoms. The van der Waals surface area contributed by atoms with Crippen LogP contribution in [0.5, 0.6) is 0 Å². The fourth-order valence-electron chi connectivity index (χ4n) is 4.04. The number of carbonyl (C=O) groups excluding carboxylic acids is 2. The zero-order valence-electron chi connectivity index (χ0n) is 22.0.